The molecule has 0 radical (unpaired) electrons. The van der Waals surface area contributed by atoms with Crippen LogP contribution in [0.5, 0.6) is 0 Å². The van der Waals surface area contributed by atoms with Crippen molar-refractivity contribution in [2.45, 2.75) is 31.9 Å². The van der Waals surface area contributed by atoms with Crippen molar-refractivity contribution in [1.82, 2.24) is 19.4 Å². The van der Waals surface area contributed by atoms with Crippen molar-refractivity contribution in [3.8, 4) is 0 Å². The van der Waals surface area contributed by atoms with E-state index < -0.39 is 5.60 Å². The maximum absolute atomic E-state index is 12.3. The Morgan fingerprint density at radius 1 is 1.55 bits per heavy atom. The lowest BCUT2D eigenvalue weighted by Gasteiger charge is -2.26. The monoisotopic (exact) mass is 280 g/mol. The number of aryl methyl sites for hydroxylation is 1. The smallest absolute Gasteiger partial charge is 0.242 e. The van der Waals surface area contributed by atoms with Crippen LogP contribution in [-0.2, 0) is 17.8 Å². The highest BCUT2D eigenvalue weighted by molar-refractivity contribution is 5.76. The molecule has 1 atom stereocenters. The Balaban J connectivity index is 1.95. The van der Waals surface area contributed by atoms with Crippen LogP contribution in [0.15, 0.2) is 12.4 Å². The van der Waals surface area contributed by atoms with Gasteiger partial charge in [0.2, 0.25) is 5.91 Å². The standard InChI is InChI=1S/C14H24N4O2/c1-4-12-15-6-8-17(12)9-13(19)18-7-5-14(20,11-18)10-16(2)3/h6,8,20H,4-5,7,9-11H2,1-3H3. The first-order valence-electron chi connectivity index (χ1n) is 7.08. The molecular formula is C14H24N4O2. The summed E-state index contributed by atoms with van der Waals surface area (Å²) in [5.41, 5.74) is -0.776. The van der Waals surface area contributed by atoms with Crippen molar-refractivity contribution in [3.05, 3.63) is 18.2 Å². The maximum atomic E-state index is 12.3. The number of imidazole rings is 1. The molecule has 112 valence electrons. The van der Waals surface area contributed by atoms with Gasteiger partial charge in [-0.2, -0.15) is 0 Å². The quantitative estimate of drug-likeness (QED) is 0.823. The van der Waals surface area contributed by atoms with Gasteiger partial charge in [-0.15, -0.1) is 0 Å². The summed E-state index contributed by atoms with van der Waals surface area (Å²) in [5.74, 6) is 0.966. The number of aliphatic hydroxyl groups is 1. The lowest BCUT2D eigenvalue weighted by molar-refractivity contribution is -0.131. The summed E-state index contributed by atoms with van der Waals surface area (Å²) in [4.78, 5) is 20.2. The SMILES string of the molecule is CCc1nccn1CC(=O)N1CCC(O)(CN(C)C)C1. The second kappa shape index (κ2) is 5.93. The summed E-state index contributed by atoms with van der Waals surface area (Å²) < 4.78 is 1.88. The number of likely N-dealkylation sites (N-methyl/N-ethyl adjacent to an activating group) is 1. The van der Waals surface area contributed by atoms with Crippen LogP contribution in [0.3, 0.4) is 0 Å². The highest BCUT2D eigenvalue weighted by Gasteiger charge is 2.38. The third-order valence-electron chi connectivity index (χ3n) is 3.72. The van der Waals surface area contributed by atoms with Crippen LogP contribution in [0.4, 0.5) is 0 Å². The minimum absolute atomic E-state index is 0.0485. The van der Waals surface area contributed by atoms with E-state index in [-0.39, 0.29) is 5.91 Å². The molecule has 6 heteroatoms. The molecule has 1 aromatic heterocycles. The van der Waals surface area contributed by atoms with E-state index in [1.165, 1.54) is 0 Å². The molecule has 1 aliphatic rings. The van der Waals surface area contributed by atoms with E-state index in [0.717, 1.165) is 12.2 Å². The van der Waals surface area contributed by atoms with Gasteiger partial charge < -0.3 is 19.5 Å². The summed E-state index contributed by atoms with van der Waals surface area (Å²) in [6.07, 6.45) is 5.00. The van der Waals surface area contributed by atoms with Gasteiger partial charge in [-0.3, -0.25) is 4.79 Å². The van der Waals surface area contributed by atoms with E-state index in [2.05, 4.69) is 4.98 Å². The second-order valence-corrected chi connectivity index (χ2v) is 5.85. The molecule has 1 unspecified atom stereocenters. The Bertz CT molecular complexity index is 471. The fourth-order valence-corrected chi connectivity index (χ4v) is 2.83. The average molecular weight is 280 g/mol. The fourth-order valence-electron chi connectivity index (χ4n) is 2.83. The van der Waals surface area contributed by atoms with Crippen LogP contribution in [0.1, 0.15) is 19.2 Å². The van der Waals surface area contributed by atoms with Crippen LogP contribution in [0.25, 0.3) is 0 Å². The molecule has 0 saturated carbocycles. The van der Waals surface area contributed by atoms with Gasteiger partial charge in [0.05, 0.1) is 12.1 Å². The first-order chi connectivity index (χ1) is 9.43. The number of β-amino-alcohol motifs (C(OH)–C–C–N with tert-alkyl or cyclic N) is 1. The average Bonchev–Trinajstić information content (AvgIpc) is 2.95. The summed E-state index contributed by atoms with van der Waals surface area (Å²) >= 11 is 0. The number of carbonyl (C=O) groups is 1. The number of rotatable bonds is 5. The molecule has 20 heavy (non-hydrogen) atoms. The molecule has 0 aromatic carbocycles. The molecule has 6 nitrogen and oxygen atoms in total. The maximum Gasteiger partial charge on any atom is 0.242 e. The summed E-state index contributed by atoms with van der Waals surface area (Å²) in [6.45, 7) is 3.96. The molecule has 0 spiro atoms. The fraction of sp³-hybridized carbons (Fsp3) is 0.714. The number of hydrogen-bond donors (Lipinski definition) is 1. The molecule has 2 rings (SSSR count). The van der Waals surface area contributed by atoms with Crippen molar-refractivity contribution in [1.29, 1.82) is 0 Å². The van der Waals surface area contributed by atoms with Crippen LogP contribution in [-0.4, -0.2) is 69.7 Å². The van der Waals surface area contributed by atoms with Gasteiger partial charge in [0.25, 0.3) is 0 Å². The molecule has 1 amide bonds. The summed E-state index contributed by atoms with van der Waals surface area (Å²) in [7, 11) is 3.86. The van der Waals surface area contributed by atoms with Crippen LogP contribution >= 0.6 is 0 Å². The minimum Gasteiger partial charge on any atom is -0.387 e. The van der Waals surface area contributed by atoms with E-state index in [1.54, 1.807) is 11.1 Å². The summed E-state index contributed by atoms with van der Waals surface area (Å²) in [6, 6.07) is 0. The Morgan fingerprint density at radius 2 is 2.30 bits per heavy atom. The van der Waals surface area contributed by atoms with Crippen LogP contribution in [0.2, 0.25) is 0 Å². The highest BCUT2D eigenvalue weighted by atomic mass is 16.3. The number of likely N-dealkylation sites (tertiary alicyclic amines) is 1. The zero-order valence-electron chi connectivity index (χ0n) is 12.5. The van der Waals surface area contributed by atoms with Crippen molar-refractivity contribution in [2.75, 3.05) is 33.7 Å². The van der Waals surface area contributed by atoms with E-state index in [9.17, 15) is 9.90 Å². The molecule has 1 N–H and O–H groups in total. The number of aromatic nitrogens is 2. The van der Waals surface area contributed by atoms with Crippen molar-refractivity contribution in [2.24, 2.45) is 0 Å². The number of carbonyl (C=O) groups excluding carboxylic acids is 1. The topological polar surface area (TPSA) is 61.6 Å². The third-order valence-corrected chi connectivity index (χ3v) is 3.72. The third kappa shape index (κ3) is 3.37. The molecule has 2 heterocycles. The molecule has 1 aromatic rings. The van der Waals surface area contributed by atoms with Crippen LogP contribution in [0, 0.1) is 0 Å². The zero-order valence-corrected chi connectivity index (χ0v) is 12.5. The molecule has 0 bridgehead atoms. The van der Waals surface area contributed by atoms with Gasteiger partial charge in [-0.25, -0.2) is 4.98 Å². The van der Waals surface area contributed by atoms with Gasteiger partial charge >= 0.3 is 0 Å². The Labute approximate surface area is 120 Å². The van der Waals surface area contributed by atoms with E-state index >= 15 is 0 Å². The molecule has 0 aliphatic carbocycles. The van der Waals surface area contributed by atoms with E-state index in [1.807, 2.05) is 36.7 Å². The van der Waals surface area contributed by atoms with Crippen molar-refractivity contribution in [3.63, 3.8) is 0 Å². The van der Waals surface area contributed by atoms with Gasteiger partial charge in [-0.05, 0) is 20.5 Å². The number of amides is 1. The minimum atomic E-state index is -0.776. The predicted molar refractivity (Wildman–Crippen MR) is 76.3 cm³/mol. The Morgan fingerprint density at radius 3 is 2.95 bits per heavy atom. The van der Waals surface area contributed by atoms with Gasteiger partial charge in [0, 0.05) is 31.9 Å². The Kier molecular flexibility index (Phi) is 4.45. The Hall–Kier alpha value is -1.40. The highest BCUT2D eigenvalue weighted by Crippen LogP contribution is 2.22. The first kappa shape index (κ1) is 15.0. The molecule has 1 aliphatic heterocycles. The van der Waals surface area contributed by atoms with E-state index in [0.29, 0.717) is 32.6 Å². The molecule has 1 fully saturated rings. The van der Waals surface area contributed by atoms with E-state index in [4.69, 9.17) is 0 Å². The second-order valence-electron chi connectivity index (χ2n) is 5.85. The largest absolute Gasteiger partial charge is 0.387 e. The molecule has 1 saturated heterocycles. The van der Waals surface area contributed by atoms with Crippen molar-refractivity contribution >= 4 is 5.91 Å². The normalized spacial score (nSPS) is 22.8. The summed E-state index contributed by atoms with van der Waals surface area (Å²) in [5, 5.41) is 10.5. The van der Waals surface area contributed by atoms with Gasteiger partial charge in [0.15, 0.2) is 0 Å². The zero-order chi connectivity index (χ0) is 14.8. The number of hydrogen-bond acceptors (Lipinski definition) is 4. The van der Waals surface area contributed by atoms with Gasteiger partial charge in [0.1, 0.15) is 12.4 Å². The lowest BCUT2D eigenvalue weighted by atomic mass is 10.0. The predicted octanol–water partition coefficient (Wildman–Crippen LogP) is -0.0295. The van der Waals surface area contributed by atoms with Crippen LogP contribution < -0.4 is 0 Å². The lowest BCUT2D eigenvalue weighted by Crippen LogP contribution is -2.44. The van der Waals surface area contributed by atoms with Crippen molar-refractivity contribution < 1.29 is 9.90 Å². The first-order valence-corrected chi connectivity index (χ1v) is 7.08. The van der Waals surface area contributed by atoms with Gasteiger partial charge in [-0.1, -0.05) is 6.92 Å². The number of nitrogens with zero attached hydrogens (tertiary/aromatic N) is 4. The molecular weight excluding hydrogens is 256 g/mol.